The number of nitrogens with zero attached hydrogens (tertiary/aromatic N) is 6. The van der Waals surface area contributed by atoms with E-state index in [2.05, 4.69) is 37.1 Å². The summed E-state index contributed by atoms with van der Waals surface area (Å²) in [6, 6.07) is 0. The molecule has 160 valence electrons. The quantitative estimate of drug-likeness (QED) is 0.529. The van der Waals surface area contributed by atoms with Gasteiger partial charge in [-0.15, -0.1) is 0 Å². The summed E-state index contributed by atoms with van der Waals surface area (Å²) in [6.07, 6.45) is 6.75. The van der Waals surface area contributed by atoms with Gasteiger partial charge in [-0.3, -0.25) is 14.8 Å². The average Bonchev–Trinajstić information content (AvgIpc) is 3.44. The Morgan fingerprint density at radius 3 is 2.86 bits per heavy atom. The lowest BCUT2D eigenvalue weighted by molar-refractivity contribution is -0.131. The van der Waals surface area contributed by atoms with Gasteiger partial charge in [0.25, 0.3) is 0 Å². The van der Waals surface area contributed by atoms with Crippen molar-refractivity contribution in [1.29, 1.82) is 0 Å². The van der Waals surface area contributed by atoms with Crippen LogP contribution in [-0.4, -0.2) is 87.0 Å². The number of nitrogens with one attached hydrogen (secondary N) is 1. The molecule has 1 aliphatic heterocycles. The number of rotatable bonds is 12. The number of amides is 1. The Morgan fingerprint density at radius 1 is 1.24 bits per heavy atom. The summed E-state index contributed by atoms with van der Waals surface area (Å²) in [7, 11) is 0. The number of H-pyrrole nitrogens is 1. The van der Waals surface area contributed by atoms with Gasteiger partial charge in [0.15, 0.2) is 5.82 Å². The normalized spacial score (nSPS) is 14.9. The van der Waals surface area contributed by atoms with Crippen LogP contribution in [0.25, 0.3) is 11.6 Å². The number of carbonyl (C=O) groups is 1. The Balaban J connectivity index is 1.49. The smallest absolute Gasteiger partial charge is 0.239 e. The summed E-state index contributed by atoms with van der Waals surface area (Å²) in [5.41, 5.74) is 0. The maximum absolute atomic E-state index is 12.9. The van der Waals surface area contributed by atoms with E-state index >= 15 is 0 Å². The fourth-order valence-electron chi connectivity index (χ4n) is 3.32. The zero-order chi connectivity index (χ0) is 20.3. The zero-order valence-electron chi connectivity index (χ0n) is 17.2. The molecule has 0 unspecified atom stereocenters. The highest BCUT2D eigenvalue weighted by atomic mass is 16.5. The summed E-state index contributed by atoms with van der Waals surface area (Å²) >= 11 is 0. The lowest BCUT2D eigenvalue weighted by Gasteiger charge is -2.30. The lowest BCUT2D eigenvalue weighted by Crippen LogP contribution is -2.43. The van der Waals surface area contributed by atoms with Gasteiger partial charge in [-0.1, -0.05) is 31.3 Å². The molecular formula is C19H31N7O3. The zero-order valence-corrected chi connectivity index (χ0v) is 17.2. The van der Waals surface area contributed by atoms with Gasteiger partial charge in [-0.25, -0.2) is 4.98 Å². The highest BCUT2D eigenvalue weighted by Crippen LogP contribution is 2.11. The molecule has 2 aromatic rings. The topological polar surface area (TPSA) is 113 Å². The Hall–Kier alpha value is -2.33. The van der Waals surface area contributed by atoms with Gasteiger partial charge in [-0.05, 0) is 6.42 Å². The average molecular weight is 406 g/mol. The van der Waals surface area contributed by atoms with Crippen molar-refractivity contribution < 1.29 is 14.1 Å². The minimum Gasteiger partial charge on any atom is -0.379 e. The van der Waals surface area contributed by atoms with Crippen LogP contribution in [0.5, 0.6) is 0 Å². The molecule has 1 saturated heterocycles. The first-order chi connectivity index (χ1) is 14.3. The highest BCUT2D eigenvalue weighted by molar-refractivity contribution is 5.76. The molecule has 0 radical (unpaired) electrons. The fourth-order valence-corrected chi connectivity index (χ4v) is 3.32. The predicted molar refractivity (Wildman–Crippen MR) is 106 cm³/mol. The van der Waals surface area contributed by atoms with E-state index in [0.29, 0.717) is 30.4 Å². The number of hydrogen-bond acceptors (Lipinski definition) is 8. The first kappa shape index (κ1) is 21.4. The number of aromatic nitrogens is 5. The molecule has 0 spiro atoms. The van der Waals surface area contributed by atoms with E-state index in [9.17, 15) is 4.79 Å². The van der Waals surface area contributed by atoms with Gasteiger partial charge in [0, 0.05) is 45.6 Å². The van der Waals surface area contributed by atoms with E-state index in [-0.39, 0.29) is 5.91 Å². The molecule has 1 N–H and O–H groups in total. The van der Waals surface area contributed by atoms with Gasteiger partial charge in [0.2, 0.25) is 17.6 Å². The lowest BCUT2D eigenvalue weighted by atomic mass is 10.2. The van der Waals surface area contributed by atoms with E-state index in [1.807, 2.05) is 4.90 Å². The van der Waals surface area contributed by atoms with Crippen LogP contribution in [0.15, 0.2) is 10.9 Å². The number of aryl methyl sites for hydroxylation is 1. The van der Waals surface area contributed by atoms with Crippen molar-refractivity contribution in [2.45, 2.75) is 45.4 Å². The maximum atomic E-state index is 12.9. The maximum Gasteiger partial charge on any atom is 0.239 e. The van der Waals surface area contributed by atoms with E-state index in [1.165, 1.54) is 19.2 Å². The van der Waals surface area contributed by atoms with E-state index in [1.54, 1.807) is 0 Å². The Kier molecular flexibility index (Phi) is 8.57. The summed E-state index contributed by atoms with van der Waals surface area (Å²) in [4.78, 5) is 25.5. The number of ether oxygens (including phenoxy) is 1. The molecule has 0 saturated carbocycles. The van der Waals surface area contributed by atoms with E-state index < -0.39 is 0 Å². The SMILES string of the molecule is CCCCCCN(CCN1CCOCC1)C(=O)CCc1nc(-c2ncn[nH]2)no1. The van der Waals surface area contributed by atoms with Crippen LogP contribution in [0, 0.1) is 0 Å². The molecule has 3 heterocycles. The van der Waals surface area contributed by atoms with Crippen LogP contribution in [0.3, 0.4) is 0 Å². The standard InChI is InChI=1S/C19H31N7O3/c1-2-3-4-5-8-26(10-9-25-11-13-28-14-12-25)17(27)7-6-16-22-19(24-29-16)18-20-15-21-23-18/h15H,2-14H2,1H3,(H,20,21,23). The van der Waals surface area contributed by atoms with Gasteiger partial charge in [-0.2, -0.15) is 10.1 Å². The van der Waals surface area contributed by atoms with Crippen molar-refractivity contribution >= 4 is 5.91 Å². The molecule has 0 bridgehead atoms. The highest BCUT2D eigenvalue weighted by Gasteiger charge is 2.18. The number of unbranched alkanes of at least 4 members (excludes halogenated alkanes) is 3. The van der Waals surface area contributed by atoms with Crippen molar-refractivity contribution in [1.82, 2.24) is 35.1 Å². The number of morpholine rings is 1. The summed E-state index contributed by atoms with van der Waals surface area (Å²) in [6.45, 7) is 8.05. The summed E-state index contributed by atoms with van der Waals surface area (Å²) in [5.74, 6) is 1.38. The van der Waals surface area contributed by atoms with Crippen LogP contribution >= 0.6 is 0 Å². The summed E-state index contributed by atoms with van der Waals surface area (Å²) in [5, 5.41) is 10.4. The molecule has 0 atom stereocenters. The minimum atomic E-state index is 0.133. The molecule has 29 heavy (non-hydrogen) atoms. The second-order valence-corrected chi connectivity index (χ2v) is 7.24. The van der Waals surface area contributed by atoms with E-state index in [0.717, 1.165) is 58.8 Å². The van der Waals surface area contributed by atoms with Crippen molar-refractivity contribution in [3.8, 4) is 11.6 Å². The van der Waals surface area contributed by atoms with Gasteiger partial charge in [0.1, 0.15) is 6.33 Å². The number of hydrogen-bond donors (Lipinski definition) is 1. The summed E-state index contributed by atoms with van der Waals surface area (Å²) < 4.78 is 10.7. The van der Waals surface area contributed by atoms with Gasteiger partial charge >= 0.3 is 0 Å². The predicted octanol–water partition coefficient (Wildman–Crippen LogP) is 1.53. The van der Waals surface area contributed by atoms with Gasteiger partial charge in [0.05, 0.1) is 13.2 Å². The van der Waals surface area contributed by atoms with Crippen LogP contribution in [0.2, 0.25) is 0 Å². The second kappa shape index (κ2) is 11.6. The Bertz CT molecular complexity index is 713. The number of carbonyl (C=O) groups excluding carboxylic acids is 1. The Labute approximate surface area is 171 Å². The molecule has 0 aliphatic carbocycles. The van der Waals surface area contributed by atoms with Crippen molar-refractivity contribution in [3.05, 3.63) is 12.2 Å². The third-order valence-corrected chi connectivity index (χ3v) is 5.07. The number of aromatic amines is 1. The minimum absolute atomic E-state index is 0.133. The molecular weight excluding hydrogens is 374 g/mol. The third kappa shape index (κ3) is 6.90. The fraction of sp³-hybridized carbons (Fsp3) is 0.737. The Morgan fingerprint density at radius 2 is 2.10 bits per heavy atom. The van der Waals surface area contributed by atoms with Crippen LogP contribution in [-0.2, 0) is 16.0 Å². The van der Waals surface area contributed by atoms with Crippen LogP contribution < -0.4 is 0 Å². The molecule has 0 aromatic carbocycles. The second-order valence-electron chi connectivity index (χ2n) is 7.24. The molecule has 10 heteroatoms. The molecule has 3 rings (SSSR count). The van der Waals surface area contributed by atoms with Crippen molar-refractivity contribution in [2.24, 2.45) is 0 Å². The molecule has 1 fully saturated rings. The molecule has 10 nitrogen and oxygen atoms in total. The largest absolute Gasteiger partial charge is 0.379 e. The third-order valence-electron chi connectivity index (χ3n) is 5.07. The molecule has 1 amide bonds. The first-order valence-electron chi connectivity index (χ1n) is 10.5. The van der Waals surface area contributed by atoms with Crippen LogP contribution in [0.4, 0.5) is 0 Å². The van der Waals surface area contributed by atoms with Crippen molar-refractivity contribution in [2.75, 3.05) is 45.9 Å². The molecule has 2 aromatic heterocycles. The molecule has 1 aliphatic rings. The monoisotopic (exact) mass is 405 g/mol. The van der Waals surface area contributed by atoms with Crippen molar-refractivity contribution in [3.63, 3.8) is 0 Å². The van der Waals surface area contributed by atoms with E-state index in [4.69, 9.17) is 9.26 Å². The first-order valence-corrected chi connectivity index (χ1v) is 10.5. The van der Waals surface area contributed by atoms with Gasteiger partial charge < -0.3 is 14.2 Å². The van der Waals surface area contributed by atoms with Crippen LogP contribution in [0.1, 0.15) is 44.9 Å².